The fraction of sp³-hybridized carbons (Fsp3) is 0.280. The van der Waals surface area contributed by atoms with Gasteiger partial charge >= 0.3 is 12.1 Å². The Labute approximate surface area is 195 Å². The van der Waals surface area contributed by atoms with Crippen molar-refractivity contribution in [3.05, 3.63) is 71.4 Å². The second kappa shape index (κ2) is 8.66. The monoisotopic (exact) mass is 460 g/mol. The lowest BCUT2D eigenvalue weighted by Gasteiger charge is -2.34. The Bertz CT molecular complexity index is 1230. The number of carbonyl (C=O) groups excluding carboxylic acids is 2. The Morgan fingerprint density at radius 1 is 1.06 bits per heavy atom. The number of benzene rings is 2. The molecule has 0 unspecified atom stereocenters. The van der Waals surface area contributed by atoms with E-state index in [2.05, 4.69) is 40.0 Å². The summed E-state index contributed by atoms with van der Waals surface area (Å²) in [6, 6.07) is 16.1. The summed E-state index contributed by atoms with van der Waals surface area (Å²) in [5.41, 5.74) is 4.56. The number of aryl methyl sites for hydroxylation is 1. The highest BCUT2D eigenvalue weighted by Crippen LogP contribution is 2.44. The molecule has 1 aromatic heterocycles. The lowest BCUT2D eigenvalue weighted by atomic mass is 9.79. The minimum atomic E-state index is -1.16. The quantitative estimate of drug-likeness (QED) is 0.518. The molecule has 2 aliphatic rings. The topological polar surface area (TPSA) is 123 Å². The molecule has 1 saturated carbocycles. The maximum atomic E-state index is 12.4. The Morgan fingerprint density at radius 3 is 2.29 bits per heavy atom. The molecule has 0 bridgehead atoms. The number of hydrogen-bond acceptors (Lipinski definition) is 5. The van der Waals surface area contributed by atoms with Gasteiger partial charge in [0.1, 0.15) is 12.2 Å². The maximum Gasteiger partial charge on any atom is 0.407 e. The maximum absolute atomic E-state index is 12.4. The van der Waals surface area contributed by atoms with Crippen molar-refractivity contribution < 1.29 is 24.2 Å². The van der Waals surface area contributed by atoms with E-state index in [0.29, 0.717) is 12.8 Å². The molecule has 1 heterocycles. The molecule has 3 aromatic rings. The Balaban J connectivity index is 1.12. The van der Waals surface area contributed by atoms with Crippen LogP contribution in [0, 0.1) is 5.92 Å². The van der Waals surface area contributed by atoms with E-state index in [1.807, 2.05) is 24.3 Å². The van der Waals surface area contributed by atoms with Crippen molar-refractivity contribution >= 4 is 23.8 Å². The third-order valence-electron chi connectivity index (χ3n) is 6.48. The lowest BCUT2D eigenvalue weighted by Crippen LogP contribution is -2.48. The van der Waals surface area contributed by atoms with Crippen molar-refractivity contribution in [1.82, 2.24) is 15.1 Å². The SMILES string of the molecule is Cn1cc(C(=O)O)c(NC(=O)C2CC(NC(=O)OCC3c4ccccc4-c4ccccc43)C2)n1. The number of amides is 2. The minimum Gasteiger partial charge on any atom is -0.477 e. The Hall–Kier alpha value is -4.14. The largest absolute Gasteiger partial charge is 0.477 e. The van der Waals surface area contributed by atoms with E-state index in [-0.39, 0.29) is 41.8 Å². The number of ether oxygens (including phenoxy) is 1. The zero-order chi connectivity index (χ0) is 23.8. The molecule has 0 saturated heterocycles. The molecule has 0 radical (unpaired) electrons. The molecule has 9 nitrogen and oxygen atoms in total. The minimum absolute atomic E-state index is 0.0140. The normalized spacial score (nSPS) is 18.4. The number of rotatable bonds is 6. The van der Waals surface area contributed by atoms with E-state index < -0.39 is 12.1 Å². The first-order valence-corrected chi connectivity index (χ1v) is 11.1. The van der Waals surface area contributed by atoms with Crippen molar-refractivity contribution in [3.8, 4) is 11.1 Å². The van der Waals surface area contributed by atoms with Gasteiger partial charge < -0.3 is 20.5 Å². The highest BCUT2D eigenvalue weighted by molar-refractivity contribution is 6.00. The van der Waals surface area contributed by atoms with Crippen molar-refractivity contribution in [3.63, 3.8) is 0 Å². The molecule has 0 spiro atoms. The molecule has 9 heteroatoms. The molecular formula is C25H24N4O5. The number of aromatic carboxylic acids is 1. The average Bonchev–Trinajstić information content (AvgIpc) is 3.32. The molecule has 5 rings (SSSR count). The number of carbonyl (C=O) groups is 3. The third-order valence-corrected chi connectivity index (χ3v) is 6.48. The van der Waals surface area contributed by atoms with Crippen LogP contribution in [0.25, 0.3) is 11.1 Å². The van der Waals surface area contributed by atoms with Gasteiger partial charge in [0.2, 0.25) is 5.91 Å². The molecule has 1 fully saturated rings. The van der Waals surface area contributed by atoms with Crippen LogP contribution in [0.1, 0.15) is 40.2 Å². The fourth-order valence-corrected chi connectivity index (χ4v) is 4.71. The van der Waals surface area contributed by atoms with Gasteiger partial charge in [-0.3, -0.25) is 9.48 Å². The number of fused-ring (bicyclic) bond motifs is 3. The van der Waals surface area contributed by atoms with Gasteiger partial charge in [-0.2, -0.15) is 5.10 Å². The zero-order valence-corrected chi connectivity index (χ0v) is 18.5. The highest BCUT2D eigenvalue weighted by Gasteiger charge is 2.37. The first-order chi connectivity index (χ1) is 16.4. The Morgan fingerprint density at radius 2 is 1.68 bits per heavy atom. The van der Waals surface area contributed by atoms with Gasteiger partial charge in [-0.25, -0.2) is 9.59 Å². The predicted octanol–water partition coefficient (Wildman–Crippen LogP) is 3.37. The lowest BCUT2D eigenvalue weighted by molar-refractivity contribution is -0.122. The first kappa shape index (κ1) is 21.7. The van der Waals surface area contributed by atoms with E-state index in [1.54, 1.807) is 7.05 Å². The summed E-state index contributed by atoms with van der Waals surface area (Å²) in [5, 5.41) is 18.6. The van der Waals surface area contributed by atoms with Crippen LogP contribution in [-0.4, -0.2) is 45.5 Å². The van der Waals surface area contributed by atoms with E-state index in [0.717, 1.165) is 11.1 Å². The zero-order valence-electron chi connectivity index (χ0n) is 18.5. The van der Waals surface area contributed by atoms with Crippen molar-refractivity contribution in [1.29, 1.82) is 0 Å². The molecule has 0 aliphatic heterocycles. The third kappa shape index (κ3) is 4.00. The summed E-state index contributed by atoms with van der Waals surface area (Å²) >= 11 is 0. The second-order valence-electron chi connectivity index (χ2n) is 8.69. The molecule has 174 valence electrons. The molecular weight excluding hydrogens is 436 g/mol. The smallest absolute Gasteiger partial charge is 0.407 e. The summed E-state index contributed by atoms with van der Waals surface area (Å²) in [7, 11) is 1.58. The van der Waals surface area contributed by atoms with E-state index in [1.165, 1.54) is 22.0 Å². The highest BCUT2D eigenvalue weighted by atomic mass is 16.5. The average molecular weight is 460 g/mol. The van der Waals surface area contributed by atoms with E-state index in [4.69, 9.17) is 4.74 Å². The molecule has 3 N–H and O–H groups in total. The number of aromatic nitrogens is 2. The number of anilines is 1. The van der Waals surface area contributed by atoms with Gasteiger partial charge in [-0.15, -0.1) is 0 Å². The van der Waals surface area contributed by atoms with Gasteiger partial charge in [-0.05, 0) is 35.1 Å². The standard InChI is InChI=1S/C25H24N4O5/c1-29-12-20(24(31)32)22(28-29)27-23(30)14-10-15(11-14)26-25(33)34-13-21-18-8-4-2-6-16(18)17-7-3-5-9-19(17)21/h2-9,12,14-15,21H,10-11,13H2,1H3,(H,26,33)(H,31,32)(H,27,28,30). The molecule has 0 atom stereocenters. The number of carboxylic acid groups (broad SMARTS) is 1. The number of hydrogen-bond donors (Lipinski definition) is 3. The number of nitrogens with one attached hydrogen (secondary N) is 2. The molecule has 2 amide bonds. The molecule has 2 aliphatic carbocycles. The summed E-state index contributed by atoms with van der Waals surface area (Å²) in [4.78, 5) is 36.1. The molecule has 34 heavy (non-hydrogen) atoms. The van der Waals surface area contributed by atoms with E-state index >= 15 is 0 Å². The van der Waals surface area contributed by atoms with Crippen LogP contribution in [0.3, 0.4) is 0 Å². The van der Waals surface area contributed by atoms with Crippen molar-refractivity contribution in [2.45, 2.75) is 24.8 Å². The van der Waals surface area contributed by atoms with Crippen LogP contribution < -0.4 is 10.6 Å². The van der Waals surface area contributed by atoms with Gasteiger partial charge in [-0.1, -0.05) is 48.5 Å². The number of carboxylic acids is 1. The van der Waals surface area contributed by atoms with Gasteiger partial charge in [0.15, 0.2) is 5.82 Å². The van der Waals surface area contributed by atoms with Crippen LogP contribution in [-0.2, 0) is 16.6 Å². The summed E-state index contributed by atoms with van der Waals surface area (Å²) in [6.45, 7) is 0.230. The predicted molar refractivity (Wildman–Crippen MR) is 124 cm³/mol. The number of alkyl carbamates (subject to hydrolysis) is 1. The van der Waals surface area contributed by atoms with Crippen molar-refractivity contribution in [2.75, 3.05) is 11.9 Å². The summed E-state index contributed by atoms with van der Waals surface area (Å²) in [5.74, 6) is -1.80. The van der Waals surface area contributed by atoms with E-state index in [9.17, 15) is 19.5 Å². The summed E-state index contributed by atoms with van der Waals surface area (Å²) in [6.07, 6.45) is 1.72. The summed E-state index contributed by atoms with van der Waals surface area (Å²) < 4.78 is 6.89. The van der Waals surface area contributed by atoms with Crippen LogP contribution in [0.4, 0.5) is 10.6 Å². The van der Waals surface area contributed by atoms with Gasteiger partial charge in [0, 0.05) is 31.1 Å². The fourth-order valence-electron chi connectivity index (χ4n) is 4.71. The van der Waals surface area contributed by atoms with Crippen LogP contribution in [0.5, 0.6) is 0 Å². The van der Waals surface area contributed by atoms with Crippen LogP contribution in [0.2, 0.25) is 0 Å². The first-order valence-electron chi connectivity index (χ1n) is 11.1. The molecule has 2 aromatic carbocycles. The van der Waals surface area contributed by atoms with Gasteiger partial charge in [0.05, 0.1) is 0 Å². The van der Waals surface area contributed by atoms with Gasteiger partial charge in [0.25, 0.3) is 0 Å². The van der Waals surface area contributed by atoms with Crippen LogP contribution in [0.15, 0.2) is 54.7 Å². The second-order valence-corrected chi connectivity index (χ2v) is 8.69. The number of nitrogens with zero attached hydrogens (tertiary/aromatic N) is 2. The Kier molecular flexibility index (Phi) is 5.53. The van der Waals surface area contributed by atoms with Crippen LogP contribution >= 0.6 is 0 Å². The van der Waals surface area contributed by atoms with Crippen molar-refractivity contribution in [2.24, 2.45) is 13.0 Å².